The molecule has 0 radical (unpaired) electrons. The van der Waals surface area contributed by atoms with Crippen LogP contribution < -0.4 is 9.47 Å². The van der Waals surface area contributed by atoms with Crippen molar-refractivity contribution >= 4 is 21.7 Å². The molecule has 1 aliphatic heterocycles. The smallest absolute Gasteiger partial charge is 0.175 e. The van der Waals surface area contributed by atoms with Gasteiger partial charge in [-0.2, -0.15) is 0 Å². The lowest BCUT2D eigenvalue weighted by molar-refractivity contribution is -0.116. The van der Waals surface area contributed by atoms with Crippen molar-refractivity contribution in [3.63, 3.8) is 0 Å². The molecular formula is C12H13BrO3. The summed E-state index contributed by atoms with van der Waals surface area (Å²) in [6, 6.07) is 3.80. The maximum Gasteiger partial charge on any atom is 0.175 e. The lowest BCUT2D eigenvalue weighted by atomic mass is 10.1. The van der Waals surface area contributed by atoms with E-state index in [1.165, 1.54) is 0 Å². The second-order valence-corrected chi connectivity index (χ2v) is 4.65. The van der Waals surface area contributed by atoms with Crippen LogP contribution in [-0.2, 0) is 11.2 Å². The van der Waals surface area contributed by atoms with Crippen LogP contribution in [0.15, 0.2) is 16.6 Å². The Kier molecular flexibility index (Phi) is 3.49. The van der Waals surface area contributed by atoms with Gasteiger partial charge >= 0.3 is 0 Å². The molecule has 0 amide bonds. The normalized spacial score (nSPS) is 14.4. The first-order valence-electron chi connectivity index (χ1n) is 5.25. The summed E-state index contributed by atoms with van der Waals surface area (Å²) in [4.78, 5) is 11.2. The molecule has 2 rings (SSSR count). The zero-order valence-electron chi connectivity index (χ0n) is 9.09. The summed E-state index contributed by atoms with van der Waals surface area (Å²) < 4.78 is 12.1. The molecule has 0 saturated carbocycles. The largest absolute Gasteiger partial charge is 0.489 e. The quantitative estimate of drug-likeness (QED) is 0.838. The van der Waals surface area contributed by atoms with Gasteiger partial charge in [0.15, 0.2) is 11.5 Å². The summed E-state index contributed by atoms with van der Waals surface area (Å²) in [7, 11) is 0. The molecule has 16 heavy (non-hydrogen) atoms. The van der Waals surface area contributed by atoms with Crippen molar-refractivity contribution in [3.8, 4) is 11.5 Å². The molecule has 0 spiro atoms. The van der Waals surface area contributed by atoms with Crippen LogP contribution in [0.5, 0.6) is 11.5 Å². The Morgan fingerprint density at radius 3 is 2.69 bits per heavy atom. The number of carbonyl (C=O) groups is 1. The molecule has 4 heteroatoms. The van der Waals surface area contributed by atoms with Gasteiger partial charge < -0.3 is 9.47 Å². The van der Waals surface area contributed by atoms with Gasteiger partial charge in [0, 0.05) is 18.4 Å². The Balaban J connectivity index is 2.43. The van der Waals surface area contributed by atoms with Gasteiger partial charge in [-0.15, -0.1) is 0 Å². The molecule has 1 aliphatic rings. The first-order chi connectivity index (χ1) is 7.68. The molecule has 86 valence electrons. The lowest BCUT2D eigenvalue weighted by Crippen LogP contribution is -2.02. The first kappa shape index (κ1) is 11.5. The van der Waals surface area contributed by atoms with Gasteiger partial charge in [0.05, 0.1) is 17.7 Å². The third kappa shape index (κ3) is 2.38. The molecule has 0 bridgehead atoms. The number of rotatable bonds is 2. The average Bonchev–Trinajstić information content (AvgIpc) is 2.47. The van der Waals surface area contributed by atoms with Crippen molar-refractivity contribution in [2.45, 2.75) is 19.8 Å². The highest BCUT2D eigenvalue weighted by molar-refractivity contribution is 9.10. The van der Waals surface area contributed by atoms with Crippen molar-refractivity contribution in [3.05, 3.63) is 22.2 Å². The summed E-state index contributed by atoms with van der Waals surface area (Å²) in [6.45, 7) is 2.86. The average molecular weight is 285 g/mol. The van der Waals surface area contributed by atoms with Crippen LogP contribution in [-0.4, -0.2) is 19.0 Å². The van der Waals surface area contributed by atoms with Crippen LogP contribution >= 0.6 is 15.9 Å². The number of Topliss-reactive ketones (excluding diaryl/α,β-unsaturated/α-hetero) is 1. The van der Waals surface area contributed by atoms with Crippen molar-refractivity contribution in [2.24, 2.45) is 0 Å². The summed E-state index contributed by atoms with van der Waals surface area (Å²) in [6.07, 6.45) is 1.25. The fourth-order valence-electron chi connectivity index (χ4n) is 1.69. The summed E-state index contributed by atoms with van der Waals surface area (Å²) >= 11 is 3.43. The molecule has 0 aliphatic carbocycles. The summed E-state index contributed by atoms with van der Waals surface area (Å²) in [5, 5.41) is 0. The highest BCUT2D eigenvalue weighted by Gasteiger charge is 2.18. The summed E-state index contributed by atoms with van der Waals surface area (Å²) in [5.41, 5.74) is 0.896. The third-order valence-electron chi connectivity index (χ3n) is 2.37. The molecule has 3 nitrogen and oxygen atoms in total. The predicted molar refractivity (Wildman–Crippen MR) is 64.1 cm³/mol. The number of halogens is 1. The molecule has 0 aromatic heterocycles. The van der Waals surface area contributed by atoms with Crippen molar-refractivity contribution < 1.29 is 14.3 Å². The predicted octanol–water partition coefficient (Wildman–Crippen LogP) is 2.74. The van der Waals surface area contributed by atoms with E-state index in [-0.39, 0.29) is 5.78 Å². The van der Waals surface area contributed by atoms with Gasteiger partial charge in [0.25, 0.3) is 0 Å². The van der Waals surface area contributed by atoms with E-state index in [0.717, 1.165) is 22.2 Å². The van der Waals surface area contributed by atoms with Crippen LogP contribution in [0.25, 0.3) is 0 Å². The molecule has 0 saturated heterocycles. The van der Waals surface area contributed by atoms with E-state index in [0.29, 0.717) is 25.4 Å². The van der Waals surface area contributed by atoms with E-state index >= 15 is 0 Å². The van der Waals surface area contributed by atoms with Gasteiger partial charge in [0.1, 0.15) is 5.78 Å². The van der Waals surface area contributed by atoms with Crippen LogP contribution in [0.3, 0.4) is 0 Å². The van der Waals surface area contributed by atoms with Gasteiger partial charge in [0.2, 0.25) is 0 Å². The number of hydrogen-bond donors (Lipinski definition) is 0. The number of benzene rings is 1. The monoisotopic (exact) mass is 284 g/mol. The van der Waals surface area contributed by atoms with Crippen LogP contribution in [0.2, 0.25) is 0 Å². The highest BCUT2D eigenvalue weighted by Crippen LogP contribution is 2.39. The van der Waals surface area contributed by atoms with Crippen LogP contribution in [0.4, 0.5) is 0 Å². The Morgan fingerprint density at radius 2 is 2.00 bits per heavy atom. The minimum absolute atomic E-state index is 0.123. The molecule has 1 heterocycles. The molecule has 1 aromatic carbocycles. The molecular weight excluding hydrogens is 272 g/mol. The highest BCUT2D eigenvalue weighted by atomic mass is 79.9. The van der Waals surface area contributed by atoms with Gasteiger partial charge in [-0.25, -0.2) is 0 Å². The maximum atomic E-state index is 11.2. The molecule has 0 N–H and O–H groups in total. The van der Waals surface area contributed by atoms with Crippen molar-refractivity contribution in [1.29, 1.82) is 0 Å². The minimum atomic E-state index is 0.123. The number of ketones is 1. The van der Waals surface area contributed by atoms with Crippen LogP contribution in [0.1, 0.15) is 18.9 Å². The molecule has 1 aromatic rings. The zero-order valence-corrected chi connectivity index (χ0v) is 10.7. The van der Waals surface area contributed by atoms with Crippen LogP contribution in [0, 0.1) is 0 Å². The second-order valence-electron chi connectivity index (χ2n) is 3.79. The number of carbonyl (C=O) groups excluding carboxylic acids is 1. The Hall–Kier alpha value is -1.03. The van der Waals surface area contributed by atoms with Crippen molar-refractivity contribution in [1.82, 2.24) is 0 Å². The topological polar surface area (TPSA) is 35.5 Å². The standard InChI is InChI=1S/C12H13BrO3/c1-8(14)7-9-3-4-10(13)12-11(9)15-5-2-6-16-12/h3-4H,2,5-7H2,1H3. The Labute approximate surface area is 103 Å². The van der Waals surface area contributed by atoms with Gasteiger partial charge in [-0.05, 0) is 28.9 Å². The Bertz CT molecular complexity index is 415. The van der Waals surface area contributed by atoms with E-state index < -0.39 is 0 Å². The van der Waals surface area contributed by atoms with E-state index in [4.69, 9.17) is 9.47 Å². The zero-order chi connectivity index (χ0) is 11.5. The molecule has 0 unspecified atom stereocenters. The van der Waals surface area contributed by atoms with Gasteiger partial charge in [-0.3, -0.25) is 4.79 Å². The number of hydrogen-bond acceptors (Lipinski definition) is 3. The third-order valence-corrected chi connectivity index (χ3v) is 2.99. The molecule has 0 fully saturated rings. The lowest BCUT2D eigenvalue weighted by Gasteiger charge is -2.13. The van der Waals surface area contributed by atoms with E-state index in [1.807, 2.05) is 12.1 Å². The SMILES string of the molecule is CC(=O)Cc1ccc(Br)c2c1OCCCO2. The fourth-order valence-corrected chi connectivity index (χ4v) is 2.11. The fraction of sp³-hybridized carbons (Fsp3) is 0.417. The second kappa shape index (κ2) is 4.87. The maximum absolute atomic E-state index is 11.2. The van der Waals surface area contributed by atoms with Crippen molar-refractivity contribution in [2.75, 3.05) is 13.2 Å². The van der Waals surface area contributed by atoms with E-state index in [2.05, 4.69) is 15.9 Å². The summed E-state index contributed by atoms with van der Waals surface area (Å²) in [5.74, 6) is 1.55. The first-order valence-corrected chi connectivity index (χ1v) is 6.04. The Morgan fingerprint density at radius 1 is 1.31 bits per heavy atom. The van der Waals surface area contributed by atoms with E-state index in [1.54, 1.807) is 6.92 Å². The minimum Gasteiger partial charge on any atom is -0.489 e. The van der Waals surface area contributed by atoms with E-state index in [9.17, 15) is 4.79 Å². The molecule has 0 atom stereocenters. The number of ether oxygens (including phenoxy) is 2. The number of fused-ring (bicyclic) bond motifs is 1. The van der Waals surface area contributed by atoms with Gasteiger partial charge in [-0.1, -0.05) is 6.07 Å².